The summed E-state index contributed by atoms with van der Waals surface area (Å²) in [5.41, 5.74) is 5.80. The standard InChI is InChI=1S/C14H28N2O2/c1-18-11-13(15)8-9-16-14(17)10-12-6-4-2-3-5-7-12/h12-13H,2-11,15H2,1H3,(H,16,17). The smallest absolute Gasteiger partial charge is 0.220 e. The molecule has 4 nitrogen and oxygen atoms in total. The maximum absolute atomic E-state index is 11.8. The van der Waals surface area contributed by atoms with Crippen LogP contribution in [0, 0.1) is 5.92 Å². The summed E-state index contributed by atoms with van der Waals surface area (Å²) in [6, 6.07) is 0.0215. The van der Waals surface area contributed by atoms with Gasteiger partial charge in [-0.3, -0.25) is 4.79 Å². The van der Waals surface area contributed by atoms with Gasteiger partial charge in [0.15, 0.2) is 0 Å². The molecule has 1 atom stereocenters. The fourth-order valence-electron chi connectivity index (χ4n) is 2.60. The zero-order valence-corrected chi connectivity index (χ0v) is 11.6. The number of hydrogen-bond donors (Lipinski definition) is 2. The highest BCUT2D eigenvalue weighted by Crippen LogP contribution is 2.25. The Balaban J connectivity index is 2.09. The van der Waals surface area contributed by atoms with E-state index in [4.69, 9.17) is 10.5 Å². The lowest BCUT2D eigenvalue weighted by molar-refractivity contribution is -0.122. The molecule has 1 fully saturated rings. The largest absolute Gasteiger partial charge is 0.383 e. The molecular weight excluding hydrogens is 228 g/mol. The molecule has 1 rings (SSSR count). The van der Waals surface area contributed by atoms with Crippen molar-refractivity contribution in [2.75, 3.05) is 20.3 Å². The van der Waals surface area contributed by atoms with Gasteiger partial charge in [0.1, 0.15) is 0 Å². The van der Waals surface area contributed by atoms with Crippen LogP contribution in [0.4, 0.5) is 0 Å². The Morgan fingerprint density at radius 3 is 2.61 bits per heavy atom. The van der Waals surface area contributed by atoms with Crippen molar-refractivity contribution in [1.82, 2.24) is 5.32 Å². The van der Waals surface area contributed by atoms with Gasteiger partial charge in [0, 0.05) is 26.1 Å². The minimum atomic E-state index is 0.0215. The van der Waals surface area contributed by atoms with Crippen molar-refractivity contribution in [1.29, 1.82) is 0 Å². The third-order valence-electron chi connectivity index (χ3n) is 3.67. The van der Waals surface area contributed by atoms with Crippen molar-refractivity contribution in [3.8, 4) is 0 Å². The second-order valence-electron chi connectivity index (χ2n) is 5.42. The van der Waals surface area contributed by atoms with Crippen LogP contribution in [-0.4, -0.2) is 32.2 Å². The van der Waals surface area contributed by atoms with E-state index in [1.807, 2.05) is 0 Å². The van der Waals surface area contributed by atoms with Crippen LogP contribution in [0.15, 0.2) is 0 Å². The van der Waals surface area contributed by atoms with Crippen molar-refractivity contribution in [2.45, 2.75) is 57.4 Å². The molecule has 1 unspecified atom stereocenters. The molecule has 0 saturated heterocycles. The molecule has 0 aromatic rings. The monoisotopic (exact) mass is 256 g/mol. The summed E-state index contributed by atoms with van der Waals surface area (Å²) in [5, 5.41) is 2.97. The van der Waals surface area contributed by atoms with Crippen LogP contribution in [0.3, 0.4) is 0 Å². The van der Waals surface area contributed by atoms with Crippen LogP contribution in [0.2, 0.25) is 0 Å². The highest BCUT2D eigenvalue weighted by molar-refractivity contribution is 5.76. The van der Waals surface area contributed by atoms with Gasteiger partial charge in [0.25, 0.3) is 0 Å². The topological polar surface area (TPSA) is 64.3 Å². The van der Waals surface area contributed by atoms with E-state index in [0.29, 0.717) is 25.5 Å². The number of nitrogens with two attached hydrogens (primary N) is 1. The number of methoxy groups -OCH3 is 1. The van der Waals surface area contributed by atoms with Crippen LogP contribution < -0.4 is 11.1 Å². The molecule has 0 aromatic carbocycles. The minimum Gasteiger partial charge on any atom is -0.383 e. The van der Waals surface area contributed by atoms with Gasteiger partial charge in [-0.2, -0.15) is 0 Å². The van der Waals surface area contributed by atoms with E-state index >= 15 is 0 Å². The number of rotatable bonds is 7. The van der Waals surface area contributed by atoms with E-state index in [-0.39, 0.29) is 11.9 Å². The summed E-state index contributed by atoms with van der Waals surface area (Å²) in [7, 11) is 1.64. The van der Waals surface area contributed by atoms with Crippen molar-refractivity contribution in [3.63, 3.8) is 0 Å². The minimum absolute atomic E-state index is 0.0215. The number of hydrogen-bond acceptors (Lipinski definition) is 3. The Morgan fingerprint density at radius 1 is 1.33 bits per heavy atom. The Kier molecular flexibility index (Phi) is 8.01. The molecule has 1 aliphatic carbocycles. The molecule has 106 valence electrons. The second-order valence-corrected chi connectivity index (χ2v) is 5.42. The number of amides is 1. The molecule has 4 heteroatoms. The Hall–Kier alpha value is -0.610. The van der Waals surface area contributed by atoms with Gasteiger partial charge >= 0.3 is 0 Å². The van der Waals surface area contributed by atoms with E-state index in [2.05, 4.69) is 5.32 Å². The average molecular weight is 256 g/mol. The predicted molar refractivity (Wildman–Crippen MR) is 73.3 cm³/mol. The lowest BCUT2D eigenvalue weighted by Crippen LogP contribution is -2.33. The first kappa shape index (κ1) is 15.4. The summed E-state index contributed by atoms with van der Waals surface area (Å²) < 4.78 is 4.96. The molecule has 0 heterocycles. The zero-order chi connectivity index (χ0) is 13.2. The quantitative estimate of drug-likeness (QED) is 0.683. The SMILES string of the molecule is COCC(N)CCNC(=O)CC1CCCCCC1. The molecule has 1 saturated carbocycles. The number of ether oxygens (including phenoxy) is 1. The van der Waals surface area contributed by atoms with Gasteiger partial charge in [-0.25, -0.2) is 0 Å². The molecule has 0 bridgehead atoms. The fraction of sp³-hybridized carbons (Fsp3) is 0.929. The molecule has 3 N–H and O–H groups in total. The van der Waals surface area contributed by atoms with Crippen LogP contribution >= 0.6 is 0 Å². The first-order valence-corrected chi connectivity index (χ1v) is 7.23. The normalized spacial score (nSPS) is 19.2. The Bertz CT molecular complexity index is 226. The first-order chi connectivity index (χ1) is 8.72. The van der Waals surface area contributed by atoms with Crippen molar-refractivity contribution < 1.29 is 9.53 Å². The van der Waals surface area contributed by atoms with Gasteiger partial charge in [-0.05, 0) is 25.2 Å². The number of nitrogens with one attached hydrogen (secondary N) is 1. The van der Waals surface area contributed by atoms with Crippen molar-refractivity contribution >= 4 is 5.91 Å². The van der Waals surface area contributed by atoms with Gasteiger partial charge in [0.2, 0.25) is 5.91 Å². The summed E-state index contributed by atoms with van der Waals surface area (Å²) in [6.07, 6.45) is 9.16. The van der Waals surface area contributed by atoms with E-state index in [9.17, 15) is 4.79 Å². The highest BCUT2D eigenvalue weighted by Gasteiger charge is 2.15. The maximum atomic E-state index is 11.8. The summed E-state index contributed by atoms with van der Waals surface area (Å²) >= 11 is 0. The van der Waals surface area contributed by atoms with Crippen LogP contribution in [0.25, 0.3) is 0 Å². The Morgan fingerprint density at radius 2 is 2.00 bits per heavy atom. The molecular formula is C14H28N2O2. The second kappa shape index (κ2) is 9.34. The molecule has 0 radical (unpaired) electrons. The van der Waals surface area contributed by atoms with Gasteiger partial charge in [0.05, 0.1) is 6.61 Å². The van der Waals surface area contributed by atoms with E-state index in [1.165, 1.54) is 38.5 Å². The van der Waals surface area contributed by atoms with E-state index in [0.717, 1.165) is 6.42 Å². The molecule has 1 aliphatic rings. The maximum Gasteiger partial charge on any atom is 0.220 e. The first-order valence-electron chi connectivity index (χ1n) is 7.23. The number of carbonyl (C=O) groups is 1. The molecule has 18 heavy (non-hydrogen) atoms. The number of carbonyl (C=O) groups excluding carboxylic acids is 1. The lowest BCUT2D eigenvalue weighted by atomic mass is 9.96. The summed E-state index contributed by atoms with van der Waals surface area (Å²) in [4.78, 5) is 11.8. The molecule has 1 amide bonds. The van der Waals surface area contributed by atoms with Gasteiger partial charge in [-0.1, -0.05) is 25.7 Å². The molecule has 0 aliphatic heterocycles. The lowest BCUT2D eigenvalue weighted by Gasteiger charge is -2.15. The summed E-state index contributed by atoms with van der Waals surface area (Å²) in [6.45, 7) is 1.22. The van der Waals surface area contributed by atoms with E-state index in [1.54, 1.807) is 7.11 Å². The predicted octanol–water partition coefficient (Wildman–Crippen LogP) is 1.83. The molecule has 0 spiro atoms. The summed E-state index contributed by atoms with van der Waals surface area (Å²) in [5.74, 6) is 0.784. The zero-order valence-electron chi connectivity index (χ0n) is 11.6. The average Bonchev–Trinajstić information content (AvgIpc) is 2.58. The third-order valence-corrected chi connectivity index (χ3v) is 3.67. The van der Waals surface area contributed by atoms with Crippen LogP contribution in [-0.2, 0) is 9.53 Å². The third kappa shape index (κ3) is 6.97. The fourth-order valence-corrected chi connectivity index (χ4v) is 2.60. The van der Waals surface area contributed by atoms with Crippen LogP contribution in [0.1, 0.15) is 51.4 Å². The Labute approximate surface area is 111 Å². The van der Waals surface area contributed by atoms with Crippen LogP contribution in [0.5, 0.6) is 0 Å². The van der Waals surface area contributed by atoms with Crippen molar-refractivity contribution in [3.05, 3.63) is 0 Å². The van der Waals surface area contributed by atoms with Gasteiger partial charge in [-0.15, -0.1) is 0 Å². The van der Waals surface area contributed by atoms with E-state index < -0.39 is 0 Å². The molecule has 0 aromatic heterocycles. The van der Waals surface area contributed by atoms with Crippen molar-refractivity contribution in [2.24, 2.45) is 11.7 Å². The van der Waals surface area contributed by atoms with Gasteiger partial charge < -0.3 is 15.8 Å². The highest BCUT2D eigenvalue weighted by atomic mass is 16.5.